The Morgan fingerprint density at radius 3 is 2.34 bits per heavy atom. The molecule has 2 aromatic rings. The second-order valence-electron chi connectivity index (χ2n) is 6.36. The average Bonchev–Trinajstić information content (AvgIpc) is 2.60. The molecule has 1 atom stereocenters. The summed E-state index contributed by atoms with van der Waals surface area (Å²) in [6.45, 7) is 2.81. The van der Waals surface area contributed by atoms with Crippen LogP contribution in [0.3, 0.4) is 0 Å². The smallest absolute Gasteiger partial charge is 0.416 e. The number of rotatable bonds is 5. The molecule has 0 aliphatic rings. The third kappa shape index (κ3) is 5.80. The number of carbonyl (C=O) groups excluding carboxylic acids is 2. The third-order valence-corrected chi connectivity index (χ3v) is 5.08. The van der Waals surface area contributed by atoms with Crippen molar-refractivity contribution in [3.63, 3.8) is 0 Å². The molecule has 1 amide bonds. The van der Waals surface area contributed by atoms with Gasteiger partial charge in [-0.25, -0.2) is 13.2 Å². The highest BCUT2D eigenvalue weighted by atomic mass is 32.2. The van der Waals surface area contributed by atoms with E-state index in [4.69, 9.17) is 4.74 Å². The monoisotopic (exact) mass is 429 g/mol. The van der Waals surface area contributed by atoms with Gasteiger partial charge in [-0.05, 0) is 49.7 Å². The van der Waals surface area contributed by atoms with Crippen molar-refractivity contribution in [3.8, 4) is 0 Å². The van der Waals surface area contributed by atoms with E-state index in [0.717, 1.165) is 30.5 Å². The van der Waals surface area contributed by atoms with Gasteiger partial charge in [0.25, 0.3) is 5.91 Å². The maximum Gasteiger partial charge on any atom is 0.416 e. The van der Waals surface area contributed by atoms with Crippen molar-refractivity contribution in [2.24, 2.45) is 0 Å². The van der Waals surface area contributed by atoms with Crippen molar-refractivity contribution in [1.82, 2.24) is 0 Å². The van der Waals surface area contributed by atoms with E-state index in [-0.39, 0.29) is 16.1 Å². The van der Waals surface area contributed by atoms with E-state index in [1.54, 1.807) is 6.92 Å². The molecule has 0 saturated carbocycles. The molecule has 156 valence electrons. The molecule has 0 radical (unpaired) electrons. The van der Waals surface area contributed by atoms with E-state index in [9.17, 15) is 31.2 Å². The van der Waals surface area contributed by atoms with Crippen molar-refractivity contribution < 1.29 is 35.9 Å². The van der Waals surface area contributed by atoms with E-state index < -0.39 is 39.6 Å². The number of esters is 1. The van der Waals surface area contributed by atoms with Gasteiger partial charge >= 0.3 is 12.1 Å². The topological polar surface area (TPSA) is 89.5 Å². The molecule has 0 aromatic heterocycles. The van der Waals surface area contributed by atoms with Gasteiger partial charge in [-0.2, -0.15) is 13.2 Å². The average molecular weight is 429 g/mol. The van der Waals surface area contributed by atoms with Gasteiger partial charge in [-0.1, -0.05) is 12.1 Å². The van der Waals surface area contributed by atoms with Crippen LogP contribution >= 0.6 is 0 Å². The Labute approximate surface area is 165 Å². The summed E-state index contributed by atoms with van der Waals surface area (Å²) in [5.74, 6) is -1.77. The van der Waals surface area contributed by atoms with Crippen molar-refractivity contribution in [2.45, 2.75) is 31.0 Å². The standard InChI is InChI=1S/C19H18F3NO5S/c1-11-7-8-15(29(3,26)27)10-16(11)18(25)28-12(2)17(24)23-14-6-4-5-13(9-14)19(20,21)22/h4-10,12H,1-3H3,(H,23,24)/t12-/m1/s1. The van der Waals surface area contributed by atoms with Crippen LogP contribution < -0.4 is 5.32 Å². The number of hydrogen-bond acceptors (Lipinski definition) is 5. The SMILES string of the molecule is Cc1ccc(S(C)(=O)=O)cc1C(=O)O[C@H](C)C(=O)Nc1cccc(C(F)(F)F)c1. The normalized spacial score (nSPS) is 12.9. The summed E-state index contributed by atoms with van der Waals surface area (Å²) in [4.78, 5) is 24.5. The van der Waals surface area contributed by atoms with Crippen molar-refractivity contribution >= 4 is 27.4 Å². The number of anilines is 1. The van der Waals surface area contributed by atoms with Gasteiger partial charge in [0.1, 0.15) is 0 Å². The maximum absolute atomic E-state index is 12.8. The number of amides is 1. The van der Waals surface area contributed by atoms with E-state index in [1.165, 1.54) is 25.1 Å². The second-order valence-corrected chi connectivity index (χ2v) is 8.38. The first kappa shape index (κ1) is 22.4. The molecule has 0 heterocycles. The zero-order chi connectivity index (χ0) is 22.0. The molecule has 2 aromatic carbocycles. The van der Waals surface area contributed by atoms with Crippen molar-refractivity contribution in [2.75, 3.05) is 11.6 Å². The number of sulfone groups is 1. The Bertz CT molecular complexity index is 1050. The quantitative estimate of drug-likeness (QED) is 0.734. The van der Waals surface area contributed by atoms with Crippen LogP contribution in [0.15, 0.2) is 47.4 Å². The van der Waals surface area contributed by atoms with E-state index in [0.29, 0.717) is 5.56 Å². The van der Waals surface area contributed by atoms with Gasteiger partial charge in [0, 0.05) is 11.9 Å². The van der Waals surface area contributed by atoms with Crippen LogP contribution in [0, 0.1) is 6.92 Å². The van der Waals surface area contributed by atoms with E-state index in [2.05, 4.69) is 5.32 Å². The predicted octanol–water partition coefficient (Wildman–Crippen LogP) is 3.60. The van der Waals surface area contributed by atoms with E-state index >= 15 is 0 Å². The molecular formula is C19H18F3NO5S. The largest absolute Gasteiger partial charge is 0.449 e. The fourth-order valence-corrected chi connectivity index (χ4v) is 2.99. The first-order chi connectivity index (χ1) is 13.3. The molecule has 29 heavy (non-hydrogen) atoms. The molecule has 2 rings (SSSR count). The molecule has 10 heteroatoms. The summed E-state index contributed by atoms with van der Waals surface area (Å²) in [6.07, 6.45) is -4.92. The molecule has 0 aliphatic heterocycles. The van der Waals surface area contributed by atoms with Gasteiger partial charge < -0.3 is 10.1 Å². The van der Waals surface area contributed by atoms with Crippen LogP contribution in [-0.2, 0) is 25.5 Å². The molecular weight excluding hydrogens is 411 g/mol. The highest BCUT2D eigenvalue weighted by Gasteiger charge is 2.30. The zero-order valence-corrected chi connectivity index (χ0v) is 16.5. The fraction of sp³-hybridized carbons (Fsp3) is 0.263. The van der Waals surface area contributed by atoms with Crippen LogP contribution in [0.5, 0.6) is 0 Å². The van der Waals surface area contributed by atoms with Crippen LogP contribution in [0.25, 0.3) is 0 Å². The molecule has 0 unspecified atom stereocenters. The van der Waals surface area contributed by atoms with Crippen molar-refractivity contribution in [3.05, 3.63) is 59.2 Å². The molecule has 0 saturated heterocycles. The number of alkyl halides is 3. The van der Waals surface area contributed by atoms with Gasteiger partial charge in [0.05, 0.1) is 16.0 Å². The fourth-order valence-electron chi connectivity index (χ4n) is 2.35. The zero-order valence-electron chi connectivity index (χ0n) is 15.7. The van der Waals surface area contributed by atoms with Crippen LogP contribution in [-0.4, -0.2) is 32.7 Å². The van der Waals surface area contributed by atoms with Gasteiger partial charge in [0.2, 0.25) is 0 Å². The molecule has 0 aliphatic carbocycles. The molecule has 6 nitrogen and oxygen atoms in total. The molecule has 1 N–H and O–H groups in total. The number of ether oxygens (including phenoxy) is 1. The Balaban J connectivity index is 2.13. The van der Waals surface area contributed by atoms with Gasteiger partial charge in [-0.15, -0.1) is 0 Å². The Kier molecular flexibility index (Phi) is 6.37. The molecule has 0 fully saturated rings. The lowest BCUT2D eigenvalue weighted by molar-refractivity contribution is -0.137. The number of halogens is 3. The Morgan fingerprint density at radius 1 is 1.10 bits per heavy atom. The highest BCUT2D eigenvalue weighted by molar-refractivity contribution is 7.90. The van der Waals surface area contributed by atoms with Crippen LogP contribution in [0.1, 0.15) is 28.4 Å². The lowest BCUT2D eigenvalue weighted by Crippen LogP contribution is -2.30. The summed E-state index contributed by atoms with van der Waals surface area (Å²) in [7, 11) is -3.56. The van der Waals surface area contributed by atoms with Gasteiger partial charge in [0.15, 0.2) is 15.9 Å². The van der Waals surface area contributed by atoms with Gasteiger partial charge in [-0.3, -0.25) is 4.79 Å². The number of carbonyl (C=O) groups is 2. The maximum atomic E-state index is 12.8. The summed E-state index contributed by atoms with van der Waals surface area (Å²) >= 11 is 0. The lowest BCUT2D eigenvalue weighted by atomic mass is 10.1. The summed E-state index contributed by atoms with van der Waals surface area (Å²) in [5, 5.41) is 2.25. The summed E-state index contributed by atoms with van der Waals surface area (Å²) < 4.78 is 66.6. The Morgan fingerprint density at radius 2 is 1.76 bits per heavy atom. The number of hydrogen-bond donors (Lipinski definition) is 1. The summed E-state index contributed by atoms with van der Waals surface area (Å²) in [5.41, 5.74) is -0.643. The second kappa shape index (κ2) is 8.24. The first-order valence-electron chi connectivity index (χ1n) is 8.29. The molecule has 0 bridgehead atoms. The third-order valence-electron chi connectivity index (χ3n) is 3.97. The first-order valence-corrected chi connectivity index (χ1v) is 10.2. The minimum Gasteiger partial charge on any atom is -0.449 e. The predicted molar refractivity (Wildman–Crippen MR) is 99.2 cm³/mol. The van der Waals surface area contributed by atoms with E-state index in [1.807, 2.05) is 0 Å². The summed E-state index contributed by atoms with van der Waals surface area (Å²) in [6, 6.07) is 7.93. The van der Waals surface area contributed by atoms with Crippen LogP contribution in [0.4, 0.5) is 18.9 Å². The number of benzene rings is 2. The van der Waals surface area contributed by atoms with Crippen LogP contribution in [0.2, 0.25) is 0 Å². The highest BCUT2D eigenvalue weighted by Crippen LogP contribution is 2.30. The Hall–Kier alpha value is -2.88. The van der Waals surface area contributed by atoms with Crippen molar-refractivity contribution in [1.29, 1.82) is 0 Å². The number of aryl methyl sites for hydroxylation is 1. The minimum atomic E-state index is -4.57. The minimum absolute atomic E-state index is 0.0355. The molecule has 0 spiro atoms. The number of nitrogens with one attached hydrogen (secondary N) is 1. The lowest BCUT2D eigenvalue weighted by Gasteiger charge is -2.15.